The highest BCUT2D eigenvalue weighted by molar-refractivity contribution is 8.00. The fraction of sp³-hybridized carbons (Fsp3) is 0.182. The van der Waals surface area contributed by atoms with Gasteiger partial charge in [-0.05, 0) is 29.7 Å². The van der Waals surface area contributed by atoms with Crippen molar-refractivity contribution in [2.24, 2.45) is 0 Å². The maximum absolute atomic E-state index is 5.70. The summed E-state index contributed by atoms with van der Waals surface area (Å²) in [4.78, 5) is 8.72. The van der Waals surface area contributed by atoms with Crippen LogP contribution in [0.3, 0.4) is 0 Å². The maximum Gasteiger partial charge on any atom is 0.264 e. The van der Waals surface area contributed by atoms with Crippen LogP contribution in [0.25, 0.3) is 11.1 Å². The summed E-state index contributed by atoms with van der Waals surface area (Å²) >= 11 is 2.74. The number of anilines is 1. The number of aromatic nitrogens is 3. The predicted octanol–water partition coefficient (Wildman–Crippen LogP) is 2.98. The summed E-state index contributed by atoms with van der Waals surface area (Å²) in [5, 5.41) is 0.564. The van der Waals surface area contributed by atoms with E-state index < -0.39 is 0 Å². The summed E-state index contributed by atoms with van der Waals surface area (Å²) in [7, 11) is 0. The molecule has 0 saturated carbocycles. The van der Waals surface area contributed by atoms with Gasteiger partial charge in [-0.15, -0.1) is 0 Å². The average molecular weight is 278 g/mol. The smallest absolute Gasteiger partial charge is 0.264 e. The normalized spacial score (nSPS) is 11.2. The lowest BCUT2D eigenvalue weighted by atomic mass is 10.3. The van der Waals surface area contributed by atoms with Crippen LogP contribution in [-0.4, -0.2) is 14.3 Å². The molecule has 2 N–H and O–H groups in total. The first kappa shape index (κ1) is 11.5. The number of benzene rings is 1. The van der Waals surface area contributed by atoms with E-state index in [1.54, 1.807) is 12.1 Å². The second-order valence-corrected chi connectivity index (χ2v) is 5.59. The summed E-state index contributed by atoms with van der Waals surface area (Å²) in [6.07, 6.45) is 0.834. The molecule has 0 unspecified atom stereocenters. The van der Waals surface area contributed by atoms with Crippen LogP contribution < -0.4 is 5.73 Å². The quantitative estimate of drug-likeness (QED) is 0.742. The van der Waals surface area contributed by atoms with Gasteiger partial charge in [-0.1, -0.05) is 6.92 Å². The number of rotatable bonds is 3. The highest BCUT2D eigenvalue weighted by Crippen LogP contribution is 2.31. The number of nitrogens with zero attached hydrogens (tertiary/aromatic N) is 3. The molecule has 1 aromatic carbocycles. The molecular formula is C11H10N4OS2. The highest BCUT2D eigenvalue weighted by Gasteiger charge is 2.11. The molecule has 7 heteroatoms. The lowest BCUT2D eigenvalue weighted by molar-refractivity contribution is 0.489. The largest absolute Gasteiger partial charge is 0.431 e. The Morgan fingerprint density at radius 1 is 1.39 bits per heavy atom. The molecule has 0 bridgehead atoms. The van der Waals surface area contributed by atoms with Crippen molar-refractivity contribution in [3.05, 3.63) is 24.0 Å². The van der Waals surface area contributed by atoms with Crippen molar-refractivity contribution in [1.29, 1.82) is 0 Å². The standard InChI is InChI=1S/C11H10N4OS2/c1-2-9-14-11(18-15-9)17-10-13-7-5-6(12)3-4-8(7)16-10/h3-5H,2,12H2,1H3. The van der Waals surface area contributed by atoms with E-state index in [2.05, 4.69) is 14.3 Å². The molecule has 0 aliphatic rings. The molecule has 3 rings (SSSR count). The maximum atomic E-state index is 5.70. The minimum Gasteiger partial charge on any atom is -0.431 e. The number of hydrogen-bond acceptors (Lipinski definition) is 7. The molecule has 0 amide bonds. The van der Waals surface area contributed by atoms with E-state index in [0.29, 0.717) is 10.9 Å². The molecular weight excluding hydrogens is 268 g/mol. The van der Waals surface area contributed by atoms with Crippen molar-refractivity contribution in [3.63, 3.8) is 0 Å². The molecule has 18 heavy (non-hydrogen) atoms. The first-order chi connectivity index (χ1) is 8.74. The van der Waals surface area contributed by atoms with E-state index in [-0.39, 0.29) is 0 Å². The molecule has 0 aliphatic heterocycles. The van der Waals surface area contributed by atoms with Crippen LogP contribution in [0.4, 0.5) is 5.69 Å². The molecule has 5 nitrogen and oxygen atoms in total. The van der Waals surface area contributed by atoms with Gasteiger partial charge < -0.3 is 10.2 Å². The van der Waals surface area contributed by atoms with Gasteiger partial charge in [0.15, 0.2) is 9.92 Å². The van der Waals surface area contributed by atoms with Gasteiger partial charge in [-0.3, -0.25) is 0 Å². The summed E-state index contributed by atoms with van der Waals surface area (Å²) in [5.74, 6) is 0.850. The van der Waals surface area contributed by atoms with Crippen LogP contribution in [0, 0.1) is 0 Å². The van der Waals surface area contributed by atoms with E-state index in [1.807, 2.05) is 13.0 Å². The summed E-state index contributed by atoms with van der Waals surface area (Å²) in [6, 6.07) is 5.40. The number of nitrogen functional groups attached to an aromatic ring is 1. The van der Waals surface area contributed by atoms with Gasteiger partial charge in [0.2, 0.25) is 0 Å². The van der Waals surface area contributed by atoms with E-state index in [0.717, 1.165) is 27.7 Å². The van der Waals surface area contributed by atoms with E-state index >= 15 is 0 Å². The van der Waals surface area contributed by atoms with Gasteiger partial charge >= 0.3 is 0 Å². The summed E-state index contributed by atoms with van der Waals surface area (Å²) < 4.78 is 10.7. The molecule has 0 saturated heterocycles. The van der Waals surface area contributed by atoms with Gasteiger partial charge in [0, 0.05) is 23.9 Å². The van der Waals surface area contributed by atoms with E-state index in [4.69, 9.17) is 10.2 Å². The molecule has 0 fully saturated rings. The number of aryl methyl sites for hydroxylation is 1. The molecule has 2 aromatic heterocycles. The second-order valence-electron chi connectivity index (χ2n) is 3.64. The van der Waals surface area contributed by atoms with Crippen LogP contribution in [0.5, 0.6) is 0 Å². The Bertz CT molecular complexity index is 691. The van der Waals surface area contributed by atoms with Gasteiger partial charge in [-0.25, -0.2) is 9.97 Å². The Morgan fingerprint density at radius 3 is 3.06 bits per heavy atom. The Labute approximate surface area is 112 Å². The van der Waals surface area contributed by atoms with Crippen molar-refractivity contribution in [2.75, 3.05) is 5.73 Å². The van der Waals surface area contributed by atoms with Crippen LogP contribution >= 0.6 is 23.3 Å². The second kappa shape index (κ2) is 4.58. The zero-order valence-electron chi connectivity index (χ0n) is 9.58. The Kier molecular flexibility index (Phi) is 2.92. The van der Waals surface area contributed by atoms with Gasteiger partial charge in [0.1, 0.15) is 11.3 Å². The van der Waals surface area contributed by atoms with Crippen LogP contribution in [0.2, 0.25) is 0 Å². The topological polar surface area (TPSA) is 77.8 Å². The SMILES string of the molecule is CCc1nsc(Sc2nc3cc(N)ccc3o2)n1. The molecule has 3 aromatic rings. The Balaban J connectivity index is 1.90. The molecule has 0 aliphatic carbocycles. The molecule has 92 valence electrons. The van der Waals surface area contributed by atoms with Gasteiger partial charge in [0.05, 0.1) is 0 Å². The highest BCUT2D eigenvalue weighted by atomic mass is 32.2. The zero-order valence-corrected chi connectivity index (χ0v) is 11.2. The first-order valence-electron chi connectivity index (χ1n) is 5.41. The number of fused-ring (bicyclic) bond motifs is 1. The van der Waals surface area contributed by atoms with Crippen molar-refractivity contribution < 1.29 is 4.42 Å². The van der Waals surface area contributed by atoms with Crippen LogP contribution in [0.15, 0.2) is 32.2 Å². The minimum atomic E-state index is 0.564. The third-order valence-corrected chi connectivity index (χ3v) is 3.97. The molecule has 2 heterocycles. The summed E-state index contributed by atoms with van der Waals surface area (Å²) in [5.41, 5.74) is 7.87. The van der Waals surface area contributed by atoms with Crippen molar-refractivity contribution in [1.82, 2.24) is 14.3 Å². The third-order valence-electron chi connectivity index (χ3n) is 2.33. The summed E-state index contributed by atoms with van der Waals surface area (Å²) in [6.45, 7) is 2.03. The third kappa shape index (κ3) is 2.19. The molecule has 0 radical (unpaired) electrons. The minimum absolute atomic E-state index is 0.564. The first-order valence-corrected chi connectivity index (χ1v) is 7.00. The lowest BCUT2D eigenvalue weighted by Crippen LogP contribution is -1.82. The van der Waals surface area contributed by atoms with Gasteiger partial charge in [-0.2, -0.15) is 4.37 Å². The monoisotopic (exact) mass is 278 g/mol. The Hall–Kier alpha value is -1.60. The molecule has 0 spiro atoms. The fourth-order valence-electron chi connectivity index (χ4n) is 1.46. The zero-order chi connectivity index (χ0) is 12.5. The average Bonchev–Trinajstić information content (AvgIpc) is 2.95. The van der Waals surface area contributed by atoms with Crippen molar-refractivity contribution in [3.8, 4) is 0 Å². The van der Waals surface area contributed by atoms with Gasteiger partial charge in [0.25, 0.3) is 5.22 Å². The van der Waals surface area contributed by atoms with Crippen molar-refractivity contribution in [2.45, 2.75) is 22.9 Å². The van der Waals surface area contributed by atoms with E-state index in [9.17, 15) is 0 Å². The Morgan fingerprint density at radius 2 is 2.28 bits per heavy atom. The number of nitrogens with two attached hydrogens (primary N) is 1. The fourth-order valence-corrected chi connectivity index (χ4v) is 3.01. The predicted molar refractivity (Wildman–Crippen MR) is 71.8 cm³/mol. The van der Waals surface area contributed by atoms with E-state index in [1.165, 1.54) is 23.3 Å². The molecule has 0 atom stereocenters. The number of oxazole rings is 1. The number of hydrogen-bond donors (Lipinski definition) is 1. The van der Waals surface area contributed by atoms with Crippen LogP contribution in [-0.2, 0) is 6.42 Å². The van der Waals surface area contributed by atoms with Crippen molar-refractivity contribution >= 4 is 40.1 Å². The lowest BCUT2D eigenvalue weighted by Gasteiger charge is -1.88. The van der Waals surface area contributed by atoms with Crippen LogP contribution in [0.1, 0.15) is 12.7 Å².